The lowest BCUT2D eigenvalue weighted by Gasteiger charge is -2.03. The second-order valence-corrected chi connectivity index (χ2v) is 7.92. The van der Waals surface area contributed by atoms with E-state index in [1.54, 1.807) is 37.4 Å². The van der Waals surface area contributed by atoms with Gasteiger partial charge in [-0.05, 0) is 42.0 Å². The van der Waals surface area contributed by atoms with Gasteiger partial charge in [-0.1, -0.05) is 30.3 Å². The third-order valence-electron chi connectivity index (χ3n) is 3.27. The number of sulfone groups is 1. The number of benzene rings is 2. The molecule has 0 aliphatic carbocycles. The van der Waals surface area contributed by atoms with Crippen LogP contribution in [0.25, 0.3) is 10.4 Å². The summed E-state index contributed by atoms with van der Waals surface area (Å²) < 4.78 is 30.7. The van der Waals surface area contributed by atoms with Crippen LogP contribution < -0.4 is 4.74 Å². The molecule has 0 aliphatic heterocycles. The van der Waals surface area contributed by atoms with Crippen molar-refractivity contribution in [3.63, 3.8) is 0 Å². The Hall–Kier alpha value is -2.11. The first-order chi connectivity index (χ1) is 10.6. The zero-order valence-electron chi connectivity index (χ0n) is 11.9. The number of rotatable bonds is 4. The van der Waals surface area contributed by atoms with E-state index in [4.69, 9.17) is 4.74 Å². The van der Waals surface area contributed by atoms with Crippen molar-refractivity contribution in [2.45, 2.75) is 9.10 Å². The van der Waals surface area contributed by atoms with E-state index in [0.717, 1.165) is 10.4 Å². The van der Waals surface area contributed by atoms with Crippen LogP contribution in [-0.2, 0) is 9.84 Å². The summed E-state index contributed by atoms with van der Waals surface area (Å²) in [6, 6.07) is 19.7. The number of hydrogen-bond acceptors (Lipinski definition) is 4. The minimum atomic E-state index is -3.49. The van der Waals surface area contributed by atoms with Crippen molar-refractivity contribution < 1.29 is 13.2 Å². The van der Waals surface area contributed by atoms with Crippen LogP contribution in [0, 0.1) is 0 Å². The Balaban J connectivity index is 1.97. The maximum atomic E-state index is 12.6. The summed E-state index contributed by atoms with van der Waals surface area (Å²) in [5, 5.41) is 0. The predicted molar refractivity (Wildman–Crippen MR) is 88.2 cm³/mol. The van der Waals surface area contributed by atoms with Crippen LogP contribution in [0.4, 0.5) is 0 Å². The highest BCUT2D eigenvalue weighted by Gasteiger charge is 2.20. The van der Waals surface area contributed by atoms with E-state index in [1.165, 1.54) is 11.3 Å². The number of hydrogen-bond donors (Lipinski definition) is 0. The Kier molecular flexibility index (Phi) is 4.00. The van der Waals surface area contributed by atoms with Crippen molar-refractivity contribution in [3.8, 4) is 16.2 Å². The second-order valence-electron chi connectivity index (χ2n) is 4.66. The summed E-state index contributed by atoms with van der Waals surface area (Å²) >= 11 is 1.28. The summed E-state index contributed by atoms with van der Waals surface area (Å²) in [5.74, 6) is 0.634. The Bertz CT molecular complexity index is 864. The van der Waals surface area contributed by atoms with E-state index >= 15 is 0 Å². The fraction of sp³-hybridized carbons (Fsp3) is 0.0588. The van der Waals surface area contributed by atoms with E-state index in [1.807, 2.05) is 36.4 Å². The second kappa shape index (κ2) is 5.94. The van der Waals surface area contributed by atoms with Gasteiger partial charge in [0.25, 0.3) is 0 Å². The normalized spacial score (nSPS) is 11.3. The smallest absolute Gasteiger partial charge is 0.215 e. The van der Waals surface area contributed by atoms with Crippen molar-refractivity contribution in [1.82, 2.24) is 0 Å². The van der Waals surface area contributed by atoms with Gasteiger partial charge in [0, 0.05) is 4.88 Å². The fourth-order valence-corrected chi connectivity index (χ4v) is 4.81. The average molecular weight is 330 g/mol. The molecule has 0 saturated carbocycles. The fourth-order valence-electron chi connectivity index (χ4n) is 2.09. The summed E-state index contributed by atoms with van der Waals surface area (Å²) in [6.07, 6.45) is 0. The van der Waals surface area contributed by atoms with Crippen LogP contribution in [0.2, 0.25) is 0 Å². The lowest BCUT2D eigenvalue weighted by Crippen LogP contribution is -1.99. The highest BCUT2D eigenvalue weighted by molar-refractivity contribution is 7.93. The van der Waals surface area contributed by atoms with E-state index in [9.17, 15) is 8.42 Å². The van der Waals surface area contributed by atoms with Crippen LogP contribution >= 0.6 is 11.3 Å². The zero-order valence-corrected chi connectivity index (χ0v) is 13.5. The van der Waals surface area contributed by atoms with Gasteiger partial charge in [-0.2, -0.15) is 0 Å². The van der Waals surface area contributed by atoms with E-state index in [2.05, 4.69) is 0 Å². The SMILES string of the molecule is COc1ccc(S(=O)(=O)c2ccc(-c3ccccc3)s2)cc1. The molecule has 3 rings (SSSR count). The summed E-state index contributed by atoms with van der Waals surface area (Å²) in [4.78, 5) is 1.21. The van der Waals surface area contributed by atoms with Crippen molar-refractivity contribution in [3.05, 3.63) is 66.7 Å². The molecule has 0 fully saturated rings. The lowest BCUT2D eigenvalue weighted by molar-refractivity contribution is 0.414. The average Bonchev–Trinajstić information content (AvgIpc) is 3.06. The van der Waals surface area contributed by atoms with E-state index < -0.39 is 9.84 Å². The van der Waals surface area contributed by atoms with Crippen LogP contribution in [0.3, 0.4) is 0 Å². The molecule has 1 heterocycles. The highest BCUT2D eigenvalue weighted by Crippen LogP contribution is 2.33. The summed E-state index contributed by atoms with van der Waals surface area (Å²) in [7, 11) is -1.94. The van der Waals surface area contributed by atoms with Crippen LogP contribution in [-0.4, -0.2) is 15.5 Å². The molecule has 3 nitrogen and oxygen atoms in total. The topological polar surface area (TPSA) is 43.4 Å². The first-order valence-corrected chi connectivity index (χ1v) is 8.95. The molecule has 0 bridgehead atoms. The first kappa shape index (κ1) is 14.8. The molecule has 0 aliphatic rings. The van der Waals surface area contributed by atoms with Crippen LogP contribution in [0.15, 0.2) is 75.8 Å². The van der Waals surface area contributed by atoms with Gasteiger partial charge in [-0.25, -0.2) is 8.42 Å². The van der Waals surface area contributed by atoms with Gasteiger partial charge in [0.05, 0.1) is 12.0 Å². The Morgan fingerprint density at radius 1 is 0.864 bits per heavy atom. The zero-order chi connectivity index (χ0) is 15.6. The van der Waals surface area contributed by atoms with E-state index in [-0.39, 0.29) is 4.90 Å². The number of thiophene rings is 1. The van der Waals surface area contributed by atoms with Gasteiger partial charge in [0.15, 0.2) is 0 Å². The van der Waals surface area contributed by atoms with E-state index in [0.29, 0.717) is 9.96 Å². The van der Waals surface area contributed by atoms with Crippen molar-refractivity contribution in [2.24, 2.45) is 0 Å². The summed E-state index contributed by atoms with van der Waals surface area (Å²) in [5.41, 5.74) is 1.02. The molecule has 0 radical (unpaired) electrons. The monoisotopic (exact) mass is 330 g/mol. The molecule has 0 atom stereocenters. The number of ether oxygens (including phenoxy) is 1. The first-order valence-electron chi connectivity index (χ1n) is 6.65. The third-order valence-corrected chi connectivity index (χ3v) is 6.67. The molecule has 2 aromatic carbocycles. The molecule has 112 valence electrons. The largest absolute Gasteiger partial charge is 0.497 e. The molecule has 0 N–H and O–H groups in total. The summed E-state index contributed by atoms with van der Waals surface area (Å²) in [6.45, 7) is 0. The van der Waals surface area contributed by atoms with Gasteiger partial charge in [0.1, 0.15) is 9.96 Å². The van der Waals surface area contributed by atoms with Crippen molar-refractivity contribution in [1.29, 1.82) is 0 Å². The molecule has 5 heteroatoms. The molecular weight excluding hydrogens is 316 g/mol. The van der Waals surface area contributed by atoms with Gasteiger partial charge >= 0.3 is 0 Å². The highest BCUT2D eigenvalue weighted by atomic mass is 32.2. The van der Waals surface area contributed by atoms with Crippen molar-refractivity contribution in [2.75, 3.05) is 7.11 Å². The quantitative estimate of drug-likeness (QED) is 0.718. The van der Waals surface area contributed by atoms with Gasteiger partial charge < -0.3 is 4.74 Å². The maximum Gasteiger partial charge on any atom is 0.215 e. The van der Waals surface area contributed by atoms with Gasteiger partial charge in [-0.15, -0.1) is 11.3 Å². The molecule has 0 unspecified atom stereocenters. The third kappa shape index (κ3) is 2.77. The van der Waals surface area contributed by atoms with Crippen LogP contribution in [0.5, 0.6) is 5.75 Å². The number of methoxy groups -OCH3 is 1. The Labute approximate surface area is 133 Å². The molecule has 0 spiro atoms. The molecular formula is C17H14O3S2. The Morgan fingerprint density at radius 2 is 1.55 bits per heavy atom. The molecule has 0 saturated heterocycles. The predicted octanol–water partition coefficient (Wildman–Crippen LogP) is 4.26. The minimum absolute atomic E-state index is 0.273. The van der Waals surface area contributed by atoms with Crippen molar-refractivity contribution >= 4 is 21.2 Å². The molecule has 0 amide bonds. The standard InChI is InChI=1S/C17H14O3S2/c1-20-14-7-9-15(10-8-14)22(18,19)17-12-11-16(21-17)13-5-3-2-4-6-13/h2-12H,1H3. The minimum Gasteiger partial charge on any atom is -0.497 e. The molecule has 1 aromatic heterocycles. The molecule has 22 heavy (non-hydrogen) atoms. The van der Waals surface area contributed by atoms with Gasteiger partial charge in [0.2, 0.25) is 9.84 Å². The Morgan fingerprint density at radius 3 is 2.18 bits per heavy atom. The van der Waals surface area contributed by atoms with Gasteiger partial charge in [-0.3, -0.25) is 0 Å². The molecule has 3 aromatic rings. The van der Waals surface area contributed by atoms with Crippen LogP contribution in [0.1, 0.15) is 0 Å². The maximum absolute atomic E-state index is 12.6. The lowest BCUT2D eigenvalue weighted by atomic mass is 10.2.